The summed E-state index contributed by atoms with van der Waals surface area (Å²) in [6, 6.07) is 11.8. The lowest BCUT2D eigenvalue weighted by molar-refractivity contribution is 0.100. The smallest absolute Gasteiger partial charge is 0.258 e. The van der Waals surface area contributed by atoms with Crippen molar-refractivity contribution in [1.82, 2.24) is 15.0 Å². The fourth-order valence-corrected chi connectivity index (χ4v) is 5.10. The number of hydrogen-bond acceptors (Lipinski definition) is 7. The highest BCUT2D eigenvalue weighted by Crippen LogP contribution is 2.31. The van der Waals surface area contributed by atoms with Gasteiger partial charge in [-0.05, 0) is 47.4 Å². The van der Waals surface area contributed by atoms with Crippen molar-refractivity contribution in [2.75, 3.05) is 0 Å². The van der Waals surface area contributed by atoms with E-state index in [-0.39, 0.29) is 11.3 Å². The monoisotopic (exact) mass is 484 g/mol. The Hall–Kier alpha value is -2.45. The number of nitrogens with two attached hydrogens (primary N) is 1. The lowest BCUT2D eigenvalue weighted by Gasteiger charge is -2.20. The summed E-state index contributed by atoms with van der Waals surface area (Å²) in [7, 11) is 0. The minimum atomic E-state index is -0.347. The number of nitrogens with zero attached hydrogens (tertiary/aromatic N) is 3. The molecule has 1 aromatic carbocycles. The number of ether oxygens (including phenoxy) is 1. The van der Waals surface area contributed by atoms with Gasteiger partial charge in [0.15, 0.2) is 11.0 Å². The average Bonchev–Trinajstić information content (AvgIpc) is 3.34. The van der Waals surface area contributed by atoms with Crippen LogP contribution in [0, 0.1) is 0 Å². The zero-order valence-electron chi connectivity index (χ0n) is 19.5. The molecule has 2 N–H and O–H groups in total. The van der Waals surface area contributed by atoms with Crippen LogP contribution in [0.15, 0.2) is 53.3 Å². The molecule has 1 fully saturated rings. The molecule has 1 amide bonds. The van der Waals surface area contributed by atoms with Crippen LogP contribution >= 0.6 is 23.1 Å². The summed E-state index contributed by atoms with van der Waals surface area (Å²) in [6.45, 7) is 6.99. The summed E-state index contributed by atoms with van der Waals surface area (Å²) in [5.74, 6) is 1.18. The van der Waals surface area contributed by atoms with Gasteiger partial charge in [-0.3, -0.25) is 4.79 Å². The standard InChI is InChI=1S/C20H27N3OS.C5H5NOS/c1-20(2,3)15-9-11-16(12-10-15)24-13-18-21-14-22-19(23-18)25-17-7-5-4-6-8-17;6-5(7)4-2-1-3-8-4/h9-12,14,17H,4-8,13H2,1-3H3;1-3H,(H2,6,7). The minimum Gasteiger partial charge on any atom is -0.486 e. The van der Waals surface area contributed by atoms with Gasteiger partial charge >= 0.3 is 0 Å². The predicted molar refractivity (Wildman–Crippen MR) is 135 cm³/mol. The maximum absolute atomic E-state index is 10.3. The van der Waals surface area contributed by atoms with Crippen molar-refractivity contribution in [3.8, 4) is 5.75 Å². The third kappa shape index (κ3) is 8.44. The number of thiophene rings is 1. The predicted octanol–water partition coefficient (Wildman–Crippen LogP) is 6.02. The molecule has 2 heterocycles. The molecule has 0 spiro atoms. The van der Waals surface area contributed by atoms with E-state index in [2.05, 4.69) is 47.9 Å². The van der Waals surface area contributed by atoms with Gasteiger partial charge in [-0.25, -0.2) is 15.0 Å². The molecule has 1 aliphatic carbocycles. The number of benzene rings is 1. The Kier molecular flexibility index (Phi) is 9.26. The molecule has 0 atom stereocenters. The molecule has 2 aromatic heterocycles. The zero-order valence-corrected chi connectivity index (χ0v) is 21.1. The summed E-state index contributed by atoms with van der Waals surface area (Å²) in [5, 5.41) is 3.29. The first-order chi connectivity index (χ1) is 15.8. The average molecular weight is 485 g/mol. The normalized spacial score (nSPS) is 14.3. The molecule has 8 heteroatoms. The molecule has 0 bridgehead atoms. The molecule has 1 saturated carbocycles. The molecule has 1 aliphatic rings. The highest BCUT2D eigenvalue weighted by molar-refractivity contribution is 7.99. The van der Waals surface area contributed by atoms with Gasteiger partial charge in [-0.15, -0.1) is 11.3 Å². The number of thioether (sulfide) groups is 1. The Bertz CT molecular complexity index is 996. The largest absolute Gasteiger partial charge is 0.486 e. The summed E-state index contributed by atoms with van der Waals surface area (Å²) >= 11 is 3.14. The molecular weight excluding hydrogens is 452 g/mol. The van der Waals surface area contributed by atoms with Gasteiger partial charge < -0.3 is 10.5 Å². The van der Waals surface area contributed by atoms with Crippen molar-refractivity contribution >= 4 is 29.0 Å². The number of hydrogen-bond donors (Lipinski definition) is 1. The van der Waals surface area contributed by atoms with Crippen molar-refractivity contribution in [1.29, 1.82) is 0 Å². The SMILES string of the molecule is CC(C)(C)c1ccc(OCc2ncnc(SC3CCCCC3)n2)cc1.NC(=O)c1cccs1. The van der Waals surface area contributed by atoms with Crippen LogP contribution in [0.5, 0.6) is 5.75 Å². The molecule has 33 heavy (non-hydrogen) atoms. The molecule has 0 unspecified atom stereocenters. The van der Waals surface area contributed by atoms with Crippen molar-refractivity contribution in [2.24, 2.45) is 5.73 Å². The van der Waals surface area contributed by atoms with Crippen LogP contribution in [-0.2, 0) is 12.0 Å². The van der Waals surface area contributed by atoms with Crippen molar-refractivity contribution in [3.63, 3.8) is 0 Å². The quantitative estimate of drug-likeness (QED) is 0.460. The minimum absolute atomic E-state index is 0.151. The second-order valence-electron chi connectivity index (χ2n) is 8.97. The molecule has 176 valence electrons. The van der Waals surface area contributed by atoms with Gasteiger partial charge in [0.1, 0.15) is 18.7 Å². The highest BCUT2D eigenvalue weighted by Gasteiger charge is 2.16. The molecular formula is C25H32N4O2S2. The Morgan fingerprint density at radius 1 is 1.12 bits per heavy atom. The Balaban J connectivity index is 0.000000323. The molecule has 0 saturated heterocycles. The van der Waals surface area contributed by atoms with Gasteiger partial charge in [-0.1, -0.05) is 70.0 Å². The summed E-state index contributed by atoms with van der Waals surface area (Å²) in [4.78, 5) is 24.0. The van der Waals surface area contributed by atoms with Crippen LogP contribution < -0.4 is 10.5 Å². The van der Waals surface area contributed by atoms with Crippen LogP contribution in [0.2, 0.25) is 0 Å². The van der Waals surface area contributed by atoms with E-state index in [4.69, 9.17) is 10.5 Å². The lowest BCUT2D eigenvalue weighted by atomic mass is 9.87. The number of amides is 1. The first kappa shape index (κ1) is 25.2. The number of carbonyl (C=O) groups excluding carboxylic acids is 1. The van der Waals surface area contributed by atoms with E-state index >= 15 is 0 Å². The molecule has 3 aromatic rings. The Morgan fingerprint density at radius 2 is 1.85 bits per heavy atom. The van der Waals surface area contributed by atoms with Crippen LogP contribution in [-0.4, -0.2) is 26.1 Å². The molecule has 0 aliphatic heterocycles. The fraction of sp³-hybridized carbons (Fsp3) is 0.440. The number of rotatable bonds is 6. The van der Waals surface area contributed by atoms with E-state index in [0.29, 0.717) is 22.6 Å². The van der Waals surface area contributed by atoms with E-state index in [1.807, 2.05) is 17.5 Å². The van der Waals surface area contributed by atoms with Crippen LogP contribution in [0.25, 0.3) is 0 Å². The number of primary amides is 1. The Labute approximate surface area is 204 Å². The molecule has 0 radical (unpaired) electrons. The summed E-state index contributed by atoms with van der Waals surface area (Å²) in [5.41, 5.74) is 6.38. The topological polar surface area (TPSA) is 91.0 Å². The van der Waals surface area contributed by atoms with Crippen LogP contribution in [0.1, 0.15) is 73.9 Å². The maximum Gasteiger partial charge on any atom is 0.258 e. The maximum atomic E-state index is 10.3. The molecule has 4 rings (SSSR count). The third-order valence-electron chi connectivity index (χ3n) is 5.28. The van der Waals surface area contributed by atoms with E-state index in [0.717, 1.165) is 10.9 Å². The first-order valence-corrected chi connectivity index (χ1v) is 13.0. The highest BCUT2D eigenvalue weighted by atomic mass is 32.2. The summed E-state index contributed by atoms with van der Waals surface area (Å²) < 4.78 is 5.84. The second kappa shape index (κ2) is 12.1. The van der Waals surface area contributed by atoms with Gasteiger partial charge in [0.2, 0.25) is 0 Å². The third-order valence-corrected chi connectivity index (χ3v) is 7.37. The van der Waals surface area contributed by atoms with Crippen LogP contribution in [0.3, 0.4) is 0 Å². The van der Waals surface area contributed by atoms with Gasteiger partial charge in [-0.2, -0.15) is 0 Å². The van der Waals surface area contributed by atoms with Gasteiger partial charge in [0.05, 0.1) is 4.88 Å². The molecule has 6 nitrogen and oxygen atoms in total. The van der Waals surface area contributed by atoms with Crippen molar-refractivity contribution in [3.05, 3.63) is 64.4 Å². The number of carbonyl (C=O) groups is 1. The van der Waals surface area contributed by atoms with Gasteiger partial charge in [0.25, 0.3) is 5.91 Å². The van der Waals surface area contributed by atoms with Gasteiger partial charge in [0, 0.05) is 5.25 Å². The van der Waals surface area contributed by atoms with Crippen molar-refractivity contribution in [2.45, 2.75) is 75.3 Å². The van der Waals surface area contributed by atoms with Crippen LogP contribution in [0.4, 0.5) is 0 Å². The second-order valence-corrected chi connectivity index (χ2v) is 11.2. The zero-order chi connectivity index (χ0) is 23.7. The number of aromatic nitrogens is 3. The van der Waals surface area contributed by atoms with E-state index < -0.39 is 0 Å². The Morgan fingerprint density at radius 3 is 2.42 bits per heavy atom. The van der Waals surface area contributed by atoms with E-state index in [1.54, 1.807) is 30.2 Å². The summed E-state index contributed by atoms with van der Waals surface area (Å²) in [6.07, 6.45) is 8.14. The van der Waals surface area contributed by atoms with E-state index in [1.165, 1.54) is 49.0 Å². The van der Waals surface area contributed by atoms with E-state index in [9.17, 15) is 4.79 Å². The van der Waals surface area contributed by atoms with Crippen molar-refractivity contribution < 1.29 is 9.53 Å². The fourth-order valence-electron chi connectivity index (χ4n) is 3.39. The lowest BCUT2D eigenvalue weighted by Crippen LogP contribution is -2.11. The first-order valence-electron chi connectivity index (χ1n) is 11.2.